The van der Waals surface area contributed by atoms with Gasteiger partial charge in [0.1, 0.15) is 11.5 Å². The van der Waals surface area contributed by atoms with Crippen molar-refractivity contribution in [1.82, 2.24) is 9.03 Å². The average molecular weight is 475 g/mol. The van der Waals surface area contributed by atoms with Crippen LogP contribution in [0.5, 0.6) is 11.5 Å². The van der Waals surface area contributed by atoms with E-state index in [4.69, 9.17) is 9.47 Å². The van der Waals surface area contributed by atoms with Crippen LogP contribution < -0.4 is 20.6 Å². The smallest absolute Gasteiger partial charge is 0.278 e. The zero-order chi connectivity index (χ0) is 24.8. The van der Waals surface area contributed by atoms with Gasteiger partial charge >= 0.3 is 0 Å². The van der Waals surface area contributed by atoms with Gasteiger partial charge in [-0.25, -0.2) is 9.03 Å². The summed E-state index contributed by atoms with van der Waals surface area (Å²) in [5.41, 5.74) is 3.27. The van der Waals surface area contributed by atoms with E-state index < -0.39 is 0 Å². The number of fused-ring (bicyclic) bond motifs is 4. The highest BCUT2D eigenvalue weighted by Crippen LogP contribution is 2.38. The third-order valence-corrected chi connectivity index (χ3v) is 6.56. The molecule has 0 amide bonds. The molecule has 4 aromatic carbocycles. The molecule has 6 heteroatoms. The van der Waals surface area contributed by atoms with E-state index in [2.05, 4.69) is 0 Å². The quantitative estimate of drug-likeness (QED) is 0.253. The molecule has 0 bridgehead atoms. The van der Waals surface area contributed by atoms with Crippen LogP contribution in [0.15, 0.2) is 107 Å². The Balaban J connectivity index is 1.90. The van der Waals surface area contributed by atoms with E-state index >= 15 is 0 Å². The first-order chi connectivity index (χ1) is 17.6. The van der Waals surface area contributed by atoms with Gasteiger partial charge in [-0.3, -0.25) is 9.59 Å². The number of nitrogens with zero attached hydrogens (tertiary/aromatic N) is 2. The molecule has 0 saturated heterocycles. The summed E-state index contributed by atoms with van der Waals surface area (Å²) in [7, 11) is 3.24. The third kappa shape index (κ3) is 3.19. The van der Waals surface area contributed by atoms with Crippen molar-refractivity contribution >= 4 is 21.7 Å². The summed E-state index contributed by atoms with van der Waals surface area (Å²) >= 11 is 0. The summed E-state index contributed by atoms with van der Waals surface area (Å²) in [5.74, 6) is 1.43. The van der Waals surface area contributed by atoms with Crippen molar-refractivity contribution in [3.05, 3.63) is 118 Å². The van der Waals surface area contributed by atoms with Crippen LogP contribution in [0.25, 0.3) is 44.1 Å². The summed E-state index contributed by atoms with van der Waals surface area (Å²) in [4.78, 5) is 27.9. The van der Waals surface area contributed by atoms with Crippen molar-refractivity contribution in [2.75, 3.05) is 14.2 Å². The predicted molar refractivity (Wildman–Crippen MR) is 142 cm³/mol. The molecule has 0 spiro atoms. The first kappa shape index (κ1) is 21.7. The number of para-hydroxylation sites is 1. The second-order valence-corrected chi connectivity index (χ2v) is 8.48. The van der Waals surface area contributed by atoms with Gasteiger partial charge in [-0.1, -0.05) is 42.5 Å². The SMILES string of the molecule is COc1ccc(-c2c(-c3ccc(OC)cc3)n3c(=O)c4ccccc4c(=O)n3c3ccccc23)cc1. The van der Waals surface area contributed by atoms with Crippen LogP contribution in [0, 0.1) is 0 Å². The largest absolute Gasteiger partial charge is 0.497 e. The van der Waals surface area contributed by atoms with E-state index in [-0.39, 0.29) is 11.1 Å². The first-order valence-electron chi connectivity index (χ1n) is 11.5. The Kier molecular flexibility index (Phi) is 5.08. The Morgan fingerprint density at radius 1 is 0.528 bits per heavy atom. The molecule has 6 nitrogen and oxygen atoms in total. The predicted octanol–water partition coefficient (Wildman–Crippen LogP) is 5.42. The number of hydrogen-bond acceptors (Lipinski definition) is 4. The lowest BCUT2D eigenvalue weighted by molar-refractivity contribution is 0.414. The van der Waals surface area contributed by atoms with Gasteiger partial charge in [-0.2, -0.15) is 0 Å². The number of methoxy groups -OCH3 is 2. The number of rotatable bonds is 4. The van der Waals surface area contributed by atoms with E-state index in [9.17, 15) is 9.59 Å². The highest BCUT2D eigenvalue weighted by atomic mass is 16.5. The molecule has 176 valence electrons. The number of aromatic nitrogens is 2. The van der Waals surface area contributed by atoms with Crippen LogP contribution in [0.4, 0.5) is 0 Å². The van der Waals surface area contributed by atoms with Gasteiger partial charge in [0, 0.05) is 16.5 Å². The molecule has 0 N–H and O–H groups in total. The van der Waals surface area contributed by atoms with E-state index in [1.807, 2.05) is 72.8 Å². The standard InChI is InChI=1S/C30H22N2O4/c1-35-21-15-11-19(12-16-21)27-25-9-5-6-10-26(25)31-29(33)23-7-3-4-8-24(23)30(34)32(31)28(27)20-13-17-22(36-2)18-14-20/h3-18H,1-2H3. The molecule has 6 rings (SSSR count). The van der Waals surface area contributed by atoms with E-state index in [1.54, 1.807) is 38.5 Å². The fourth-order valence-corrected chi connectivity index (χ4v) is 4.85. The minimum Gasteiger partial charge on any atom is -0.497 e. The maximum atomic E-state index is 14.0. The monoisotopic (exact) mass is 474 g/mol. The lowest BCUT2D eigenvalue weighted by atomic mass is 9.95. The molecule has 36 heavy (non-hydrogen) atoms. The molecule has 0 fully saturated rings. The Hall–Kier alpha value is -4.84. The maximum absolute atomic E-state index is 14.0. The third-order valence-electron chi connectivity index (χ3n) is 6.56. The normalized spacial score (nSPS) is 11.3. The van der Waals surface area contributed by atoms with Crippen LogP contribution in [0.1, 0.15) is 0 Å². The van der Waals surface area contributed by atoms with E-state index in [1.165, 1.54) is 9.03 Å². The minimum atomic E-state index is -0.267. The van der Waals surface area contributed by atoms with Crippen molar-refractivity contribution in [2.45, 2.75) is 0 Å². The van der Waals surface area contributed by atoms with Crippen LogP contribution in [-0.4, -0.2) is 23.3 Å². The van der Waals surface area contributed by atoms with Gasteiger partial charge in [-0.15, -0.1) is 0 Å². The molecule has 0 radical (unpaired) electrons. The fraction of sp³-hybridized carbons (Fsp3) is 0.0667. The summed E-state index contributed by atoms with van der Waals surface area (Å²) in [6.07, 6.45) is 0. The van der Waals surface area contributed by atoms with Crippen LogP contribution >= 0.6 is 0 Å². The van der Waals surface area contributed by atoms with Gasteiger partial charge in [-0.05, 0) is 60.2 Å². The molecule has 0 aliphatic rings. The highest BCUT2D eigenvalue weighted by molar-refractivity contribution is 6.01. The van der Waals surface area contributed by atoms with Crippen molar-refractivity contribution in [2.24, 2.45) is 0 Å². The Morgan fingerprint density at radius 3 is 1.56 bits per heavy atom. The zero-order valence-corrected chi connectivity index (χ0v) is 19.8. The second kappa shape index (κ2) is 8.43. The first-order valence-corrected chi connectivity index (χ1v) is 11.5. The second-order valence-electron chi connectivity index (χ2n) is 8.48. The van der Waals surface area contributed by atoms with Gasteiger partial charge in [0.05, 0.1) is 36.2 Å². The molecular formula is C30H22N2O4. The zero-order valence-electron chi connectivity index (χ0n) is 19.8. The van der Waals surface area contributed by atoms with Crippen molar-refractivity contribution in [3.8, 4) is 33.9 Å². The Bertz CT molecular complexity index is 1880. The average Bonchev–Trinajstić information content (AvgIpc) is 2.95. The van der Waals surface area contributed by atoms with E-state index in [0.29, 0.717) is 27.7 Å². The van der Waals surface area contributed by atoms with Crippen LogP contribution in [0.2, 0.25) is 0 Å². The lowest BCUT2D eigenvalue weighted by Gasteiger charge is -2.20. The summed E-state index contributed by atoms with van der Waals surface area (Å²) in [6.45, 7) is 0. The van der Waals surface area contributed by atoms with Crippen LogP contribution in [-0.2, 0) is 0 Å². The Morgan fingerprint density at radius 2 is 1.00 bits per heavy atom. The number of ether oxygens (including phenoxy) is 2. The Labute approximate surface area is 206 Å². The van der Waals surface area contributed by atoms with Crippen molar-refractivity contribution in [3.63, 3.8) is 0 Å². The maximum Gasteiger partial charge on any atom is 0.278 e. The molecule has 0 atom stereocenters. The fourth-order valence-electron chi connectivity index (χ4n) is 4.85. The van der Waals surface area contributed by atoms with Crippen molar-refractivity contribution < 1.29 is 9.47 Å². The van der Waals surface area contributed by atoms with Crippen molar-refractivity contribution in [1.29, 1.82) is 0 Å². The number of benzene rings is 4. The molecule has 6 aromatic rings. The van der Waals surface area contributed by atoms with Gasteiger partial charge in [0.25, 0.3) is 11.1 Å². The molecule has 0 aliphatic heterocycles. The molecule has 2 heterocycles. The van der Waals surface area contributed by atoms with E-state index in [0.717, 1.165) is 27.8 Å². The molecule has 0 aliphatic carbocycles. The topological polar surface area (TPSA) is 61.4 Å². The van der Waals surface area contributed by atoms with Crippen LogP contribution in [0.3, 0.4) is 0 Å². The molecule has 2 aromatic heterocycles. The minimum absolute atomic E-state index is 0.252. The molecule has 0 saturated carbocycles. The number of hydrogen-bond donors (Lipinski definition) is 0. The highest BCUT2D eigenvalue weighted by Gasteiger charge is 2.21. The lowest BCUT2D eigenvalue weighted by Crippen LogP contribution is -2.32. The van der Waals surface area contributed by atoms with Gasteiger partial charge < -0.3 is 9.47 Å². The van der Waals surface area contributed by atoms with Gasteiger partial charge in [0.15, 0.2) is 0 Å². The molecule has 0 unspecified atom stereocenters. The molecular weight excluding hydrogens is 452 g/mol. The van der Waals surface area contributed by atoms with Gasteiger partial charge in [0.2, 0.25) is 0 Å². The summed E-state index contributed by atoms with van der Waals surface area (Å²) in [5, 5.41) is 1.61. The summed E-state index contributed by atoms with van der Waals surface area (Å²) < 4.78 is 13.7. The summed E-state index contributed by atoms with van der Waals surface area (Å²) in [6, 6.07) is 29.8.